The minimum Gasteiger partial charge on any atom is -0.0616 e. The van der Waals surface area contributed by atoms with Gasteiger partial charge in [0.15, 0.2) is 0 Å². The van der Waals surface area contributed by atoms with Gasteiger partial charge in [0, 0.05) is 0 Å². The van der Waals surface area contributed by atoms with E-state index in [0.717, 1.165) is 0 Å². The highest BCUT2D eigenvalue weighted by Crippen LogP contribution is 2.37. The molecule has 0 heterocycles. The molecule has 0 bridgehead atoms. The molecule has 0 heteroatoms. The number of hydrogen-bond acceptors (Lipinski definition) is 0. The lowest BCUT2D eigenvalue weighted by Gasteiger charge is -2.12. The van der Waals surface area contributed by atoms with Gasteiger partial charge in [-0.3, -0.25) is 0 Å². The molecule has 0 saturated heterocycles. The summed E-state index contributed by atoms with van der Waals surface area (Å²) < 4.78 is 0. The molecule has 0 nitrogen and oxygen atoms in total. The molecule has 0 N–H and O–H groups in total. The molecular weight excluding hydrogens is 528 g/mol. The van der Waals surface area contributed by atoms with Crippen molar-refractivity contribution in [2.75, 3.05) is 0 Å². The van der Waals surface area contributed by atoms with Gasteiger partial charge in [-0.15, -0.1) is 0 Å². The maximum atomic E-state index is 2.34. The van der Waals surface area contributed by atoms with Gasteiger partial charge in [-0.1, -0.05) is 146 Å². The van der Waals surface area contributed by atoms with Gasteiger partial charge in [-0.05, 0) is 112 Å². The highest BCUT2D eigenvalue weighted by Gasteiger charge is 2.10. The van der Waals surface area contributed by atoms with Crippen molar-refractivity contribution in [3.63, 3.8) is 0 Å². The van der Waals surface area contributed by atoms with Crippen LogP contribution >= 0.6 is 0 Å². The number of hydrogen-bond donors (Lipinski definition) is 0. The van der Waals surface area contributed by atoms with E-state index in [2.05, 4.69) is 170 Å². The molecular formula is C44H28. The minimum atomic E-state index is 1.23. The summed E-state index contributed by atoms with van der Waals surface area (Å²) in [6.07, 6.45) is 0. The summed E-state index contributed by atoms with van der Waals surface area (Å²) in [4.78, 5) is 0. The first-order valence-corrected chi connectivity index (χ1v) is 15.3. The fourth-order valence-corrected chi connectivity index (χ4v) is 6.93. The SMILES string of the molecule is c1ccc2c(c1)ccc1cc(-c3ccc(-c4ccc5cc(-c6cc7ccccc7c7ccccc67)ccc5c4)cc3)ccc12. The quantitative estimate of drug-likeness (QED) is 0.190. The largest absolute Gasteiger partial charge is 0.0616 e. The molecule has 0 aromatic heterocycles. The van der Waals surface area contributed by atoms with Crippen LogP contribution in [-0.2, 0) is 0 Å². The van der Waals surface area contributed by atoms with Gasteiger partial charge in [0.2, 0.25) is 0 Å². The zero-order valence-electron chi connectivity index (χ0n) is 24.2. The highest BCUT2D eigenvalue weighted by atomic mass is 14.1. The number of benzene rings is 9. The van der Waals surface area contributed by atoms with E-state index < -0.39 is 0 Å². The molecule has 0 spiro atoms. The third-order valence-corrected chi connectivity index (χ3v) is 9.22. The average molecular weight is 557 g/mol. The van der Waals surface area contributed by atoms with Crippen LogP contribution in [0, 0.1) is 0 Å². The van der Waals surface area contributed by atoms with Crippen LogP contribution in [0.5, 0.6) is 0 Å². The molecule has 0 atom stereocenters. The van der Waals surface area contributed by atoms with Crippen LogP contribution in [0.3, 0.4) is 0 Å². The van der Waals surface area contributed by atoms with Crippen molar-refractivity contribution in [1.29, 1.82) is 0 Å². The zero-order valence-corrected chi connectivity index (χ0v) is 24.2. The van der Waals surface area contributed by atoms with E-state index in [9.17, 15) is 0 Å². The van der Waals surface area contributed by atoms with Gasteiger partial charge < -0.3 is 0 Å². The van der Waals surface area contributed by atoms with Crippen LogP contribution in [0.4, 0.5) is 0 Å². The minimum absolute atomic E-state index is 1.23. The van der Waals surface area contributed by atoms with Crippen molar-refractivity contribution in [2.45, 2.75) is 0 Å². The van der Waals surface area contributed by atoms with Crippen molar-refractivity contribution >= 4 is 53.9 Å². The number of rotatable bonds is 3. The monoisotopic (exact) mass is 556 g/mol. The van der Waals surface area contributed by atoms with Crippen molar-refractivity contribution in [3.8, 4) is 33.4 Å². The fraction of sp³-hybridized carbons (Fsp3) is 0. The van der Waals surface area contributed by atoms with E-state index in [1.54, 1.807) is 0 Å². The van der Waals surface area contributed by atoms with Gasteiger partial charge >= 0.3 is 0 Å². The number of fused-ring (bicyclic) bond motifs is 7. The first-order chi connectivity index (χ1) is 21.8. The second-order valence-electron chi connectivity index (χ2n) is 11.8. The maximum Gasteiger partial charge on any atom is -0.00988 e. The summed E-state index contributed by atoms with van der Waals surface area (Å²) in [6, 6.07) is 62.4. The second-order valence-corrected chi connectivity index (χ2v) is 11.8. The lowest BCUT2D eigenvalue weighted by Crippen LogP contribution is -1.86. The van der Waals surface area contributed by atoms with E-state index >= 15 is 0 Å². The van der Waals surface area contributed by atoms with Gasteiger partial charge in [-0.2, -0.15) is 0 Å². The molecule has 0 aliphatic heterocycles. The molecule has 9 aromatic carbocycles. The Hall–Kier alpha value is -5.72. The lowest BCUT2D eigenvalue weighted by atomic mass is 9.91. The third kappa shape index (κ3) is 4.07. The molecule has 0 fully saturated rings. The molecule has 0 amide bonds. The molecule has 44 heavy (non-hydrogen) atoms. The molecule has 204 valence electrons. The molecule has 0 radical (unpaired) electrons. The van der Waals surface area contributed by atoms with Gasteiger partial charge in [-0.25, -0.2) is 0 Å². The standard InChI is InChI=1S/C44H28/c1-3-9-39-31(7-1)17-21-37-26-33(23-24-41(37)39)30-15-13-29(14-16-30)32-18-19-35-27-38(22-20-34(35)25-32)44-28-36-8-2-4-10-40(36)42-11-5-6-12-43(42)44/h1-28H. The fourth-order valence-electron chi connectivity index (χ4n) is 6.93. The second kappa shape index (κ2) is 9.93. The van der Waals surface area contributed by atoms with Crippen molar-refractivity contribution in [1.82, 2.24) is 0 Å². The molecule has 0 unspecified atom stereocenters. The molecule has 9 aromatic rings. The van der Waals surface area contributed by atoms with Crippen LogP contribution in [-0.4, -0.2) is 0 Å². The maximum absolute atomic E-state index is 2.34. The van der Waals surface area contributed by atoms with Crippen molar-refractivity contribution in [2.24, 2.45) is 0 Å². The Labute approximate surface area is 256 Å². The van der Waals surface area contributed by atoms with Crippen LogP contribution in [0.2, 0.25) is 0 Å². The Morgan fingerprint density at radius 1 is 0.205 bits per heavy atom. The van der Waals surface area contributed by atoms with Crippen LogP contribution in [0.1, 0.15) is 0 Å². The summed E-state index contributed by atoms with van der Waals surface area (Å²) in [5, 5.41) is 12.8. The first kappa shape index (κ1) is 24.8. The summed E-state index contributed by atoms with van der Waals surface area (Å²) in [7, 11) is 0. The topological polar surface area (TPSA) is 0 Å². The summed E-state index contributed by atoms with van der Waals surface area (Å²) in [5.41, 5.74) is 7.47. The Morgan fingerprint density at radius 3 is 1.34 bits per heavy atom. The van der Waals surface area contributed by atoms with E-state index in [1.165, 1.54) is 87.2 Å². The van der Waals surface area contributed by atoms with Crippen molar-refractivity contribution in [3.05, 3.63) is 170 Å². The summed E-state index contributed by atoms with van der Waals surface area (Å²) in [5.74, 6) is 0. The summed E-state index contributed by atoms with van der Waals surface area (Å²) >= 11 is 0. The molecule has 9 rings (SSSR count). The molecule has 0 aliphatic carbocycles. The predicted octanol–water partition coefficient (Wildman–Crippen LogP) is 12.5. The van der Waals surface area contributed by atoms with E-state index in [4.69, 9.17) is 0 Å². The van der Waals surface area contributed by atoms with E-state index in [-0.39, 0.29) is 0 Å². The average Bonchev–Trinajstić information content (AvgIpc) is 3.10. The Bertz CT molecular complexity index is 2530. The Balaban J connectivity index is 1.05. The van der Waals surface area contributed by atoms with Gasteiger partial charge in [0.25, 0.3) is 0 Å². The molecule has 0 aliphatic rings. The zero-order chi connectivity index (χ0) is 29.0. The van der Waals surface area contributed by atoms with Crippen LogP contribution < -0.4 is 0 Å². The van der Waals surface area contributed by atoms with Gasteiger partial charge in [0.1, 0.15) is 0 Å². The Kier molecular flexibility index (Phi) is 5.61. The van der Waals surface area contributed by atoms with Gasteiger partial charge in [0.05, 0.1) is 0 Å². The molecule has 0 saturated carbocycles. The normalized spacial score (nSPS) is 11.6. The predicted molar refractivity (Wildman–Crippen MR) is 190 cm³/mol. The first-order valence-electron chi connectivity index (χ1n) is 15.3. The highest BCUT2D eigenvalue weighted by molar-refractivity contribution is 6.14. The summed E-state index contributed by atoms with van der Waals surface area (Å²) in [6.45, 7) is 0. The van der Waals surface area contributed by atoms with Crippen molar-refractivity contribution < 1.29 is 0 Å². The van der Waals surface area contributed by atoms with E-state index in [1.807, 2.05) is 0 Å². The Morgan fingerprint density at radius 2 is 0.614 bits per heavy atom. The smallest absolute Gasteiger partial charge is 0.00988 e. The van der Waals surface area contributed by atoms with Crippen LogP contribution in [0.25, 0.3) is 87.2 Å². The van der Waals surface area contributed by atoms with E-state index in [0.29, 0.717) is 0 Å². The van der Waals surface area contributed by atoms with Crippen LogP contribution in [0.15, 0.2) is 170 Å². The lowest BCUT2D eigenvalue weighted by molar-refractivity contribution is 1.61. The third-order valence-electron chi connectivity index (χ3n) is 9.22.